The van der Waals surface area contributed by atoms with E-state index >= 15 is 0 Å². The Labute approximate surface area is 115 Å². The van der Waals surface area contributed by atoms with Crippen molar-refractivity contribution in [2.24, 2.45) is 0 Å². The number of nitrogens with zero attached hydrogens (tertiary/aromatic N) is 1. The molecule has 0 fully saturated rings. The first-order valence-electron chi connectivity index (χ1n) is 5.78. The van der Waals surface area contributed by atoms with Crippen molar-refractivity contribution in [3.8, 4) is 0 Å². The van der Waals surface area contributed by atoms with Gasteiger partial charge in [-0.1, -0.05) is 17.7 Å². The summed E-state index contributed by atoms with van der Waals surface area (Å²) < 4.78 is 5.26. The molecule has 0 bridgehead atoms. The summed E-state index contributed by atoms with van der Waals surface area (Å²) in [4.78, 5) is 10.5. The van der Waals surface area contributed by atoms with Gasteiger partial charge in [0.15, 0.2) is 0 Å². The molecule has 1 atom stereocenters. The van der Waals surface area contributed by atoms with Gasteiger partial charge in [0.2, 0.25) is 0 Å². The number of halogens is 1. The number of hydrogen-bond acceptors (Lipinski definition) is 4. The number of rotatable bonds is 5. The molecule has 0 aliphatic carbocycles. The highest BCUT2D eigenvalue weighted by Gasteiger charge is 2.17. The quantitative estimate of drug-likeness (QED) is 0.670. The topological polar surface area (TPSA) is 68.3 Å². The van der Waals surface area contributed by atoms with Crippen molar-refractivity contribution in [1.29, 1.82) is 0 Å². The summed E-state index contributed by atoms with van der Waals surface area (Å²) in [6, 6.07) is 8.25. The van der Waals surface area contributed by atoms with Crippen molar-refractivity contribution in [3.63, 3.8) is 0 Å². The van der Waals surface area contributed by atoms with Gasteiger partial charge in [-0.15, -0.1) is 0 Å². The van der Waals surface area contributed by atoms with E-state index in [0.717, 1.165) is 5.76 Å². The summed E-state index contributed by atoms with van der Waals surface area (Å²) in [5, 5.41) is 14.5. The normalized spacial score (nSPS) is 12.3. The van der Waals surface area contributed by atoms with Gasteiger partial charge in [0.05, 0.1) is 27.8 Å². The number of hydrogen-bond donors (Lipinski definition) is 1. The maximum absolute atomic E-state index is 10.9. The Morgan fingerprint density at radius 3 is 2.84 bits per heavy atom. The summed E-state index contributed by atoms with van der Waals surface area (Å²) in [6.07, 6.45) is 1.59. The highest BCUT2D eigenvalue weighted by molar-refractivity contribution is 6.31. The molecule has 1 aromatic carbocycles. The van der Waals surface area contributed by atoms with Gasteiger partial charge in [-0.3, -0.25) is 10.1 Å². The first-order chi connectivity index (χ1) is 9.09. The largest absolute Gasteiger partial charge is 0.468 e. The first-order valence-corrected chi connectivity index (χ1v) is 6.16. The van der Waals surface area contributed by atoms with Crippen LogP contribution < -0.4 is 5.32 Å². The zero-order valence-electron chi connectivity index (χ0n) is 10.3. The van der Waals surface area contributed by atoms with E-state index in [-0.39, 0.29) is 11.7 Å². The molecule has 1 N–H and O–H groups in total. The van der Waals surface area contributed by atoms with Crippen LogP contribution in [0.2, 0.25) is 5.02 Å². The summed E-state index contributed by atoms with van der Waals surface area (Å²) in [7, 11) is 0. The molecule has 0 aliphatic heterocycles. The first kappa shape index (κ1) is 13.6. The van der Waals surface area contributed by atoms with E-state index in [0.29, 0.717) is 17.1 Å². The predicted molar refractivity (Wildman–Crippen MR) is 72.1 cm³/mol. The standard InChI is InChI=1S/C13H13ClN2O3/c1-9(13-6-3-7-19-13)15-8-10-11(14)4-2-5-12(10)16(17)18/h2-7,9,15H,8H2,1H3/t9-/m0/s1. The third kappa shape index (κ3) is 3.13. The Morgan fingerprint density at radius 1 is 1.42 bits per heavy atom. The van der Waals surface area contributed by atoms with Crippen LogP contribution in [0.25, 0.3) is 0 Å². The summed E-state index contributed by atoms with van der Waals surface area (Å²) in [5.74, 6) is 0.773. The molecule has 2 rings (SSSR count). The Bertz CT molecular complexity index is 569. The Balaban J connectivity index is 2.13. The maximum Gasteiger partial charge on any atom is 0.275 e. The SMILES string of the molecule is C[C@H](NCc1c(Cl)cccc1[N+](=O)[O-])c1ccco1. The van der Waals surface area contributed by atoms with E-state index in [4.69, 9.17) is 16.0 Å². The molecule has 6 heteroatoms. The third-order valence-corrected chi connectivity index (χ3v) is 3.20. The average Bonchev–Trinajstić information content (AvgIpc) is 2.90. The van der Waals surface area contributed by atoms with Crippen molar-refractivity contribution in [2.45, 2.75) is 19.5 Å². The molecule has 0 unspecified atom stereocenters. The number of nitro benzene ring substituents is 1. The second-order valence-corrected chi connectivity index (χ2v) is 4.52. The van der Waals surface area contributed by atoms with Gasteiger partial charge in [-0.05, 0) is 25.1 Å². The molecule has 1 aromatic heterocycles. The molecular weight excluding hydrogens is 268 g/mol. The molecule has 0 amide bonds. The van der Waals surface area contributed by atoms with Crippen LogP contribution in [-0.2, 0) is 6.54 Å². The van der Waals surface area contributed by atoms with Crippen molar-refractivity contribution in [1.82, 2.24) is 5.32 Å². The second kappa shape index (κ2) is 5.86. The van der Waals surface area contributed by atoms with Gasteiger partial charge in [-0.2, -0.15) is 0 Å². The monoisotopic (exact) mass is 280 g/mol. The van der Waals surface area contributed by atoms with Crippen molar-refractivity contribution < 1.29 is 9.34 Å². The lowest BCUT2D eigenvalue weighted by Crippen LogP contribution is -2.18. The third-order valence-electron chi connectivity index (χ3n) is 2.85. The Kier molecular flexibility index (Phi) is 4.19. The predicted octanol–water partition coefficient (Wildman–Crippen LogP) is 3.69. The molecule has 100 valence electrons. The van der Waals surface area contributed by atoms with Gasteiger partial charge < -0.3 is 9.73 Å². The van der Waals surface area contributed by atoms with Crippen molar-refractivity contribution in [2.75, 3.05) is 0 Å². The van der Waals surface area contributed by atoms with E-state index in [9.17, 15) is 10.1 Å². The van der Waals surface area contributed by atoms with E-state index in [1.165, 1.54) is 6.07 Å². The van der Waals surface area contributed by atoms with Crippen LogP contribution >= 0.6 is 11.6 Å². The Hall–Kier alpha value is -1.85. The molecule has 2 aromatic rings. The van der Waals surface area contributed by atoms with Crippen LogP contribution in [0.3, 0.4) is 0 Å². The summed E-state index contributed by atoms with van der Waals surface area (Å²) in [6.45, 7) is 2.22. The van der Waals surface area contributed by atoms with Crippen LogP contribution in [0.15, 0.2) is 41.0 Å². The lowest BCUT2D eigenvalue weighted by atomic mass is 10.1. The summed E-state index contributed by atoms with van der Waals surface area (Å²) >= 11 is 6.01. The number of nitrogens with one attached hydrogen (secondary N) is 1. The van der Waals surface area contributed by atoms with Crippen LogP contribution in [0, 0.1) is 10.1 Å². The molecule has 1 heterocycles. The van der Waals surface area contributed by atoms with E-state index in [2.05, 4.69) is 5.32 Å². The maximum atomic E-state index is 10.9. The van der Waals surface area contributed by atoms with E-state index in [1.807, 2.05) is 13.0 Å². The van der Waals surface area contributed by atoms with Gasteiger partial charge in [0.1, 0.15) is 5.76 Å². The van der Waals surface area contributed by atoms with Gasteiger partial charge in [0, 0.05) is 12.6 Å². The molecule has 0 aliphatic rings. The molecule has 5 nitrogen and oxygen atoms in total. The fourth-order valence-corrected chi connectivity index (χ4v) is 2.02. The summed E-state index contributed by atoms with van der Waals surface area (Å²) in [5.41, 5.74) is 0.499. The van der Waals surface area contributed by atoms with Crippen LogP contribution in [-0.4, -0.2) is 4.92 Å². The Morgan fingerprint density at radius 2 is 2.21 bits per heavy atom. The number of nitro groups is 1. The minimum absolute atomic E-state index is 0.0200. The average molecular weight is 281 g/mol. The zero-order chi connectivity index (χ0) is 13.8. The van der Waals surface area contributed by atoms with Crippen molar-refractivity contribution >= 4 is 17.3 Å². The second-order valence-electron chi connectivity index (χ2n) is 4.11. The lowest BCUT2D eigenvalue weighted by Gasteiger charge is -2.12. The fraction of sp³-hybridized carbons (Fsp3) is 0.231. The van der Waals surface area contributed by atoms with E-state index < -0.39 is 4.92 Å². The minimum Gasteiger partial charge on any atom is -0.468 e. The van der Waals surface area contributed by atoms with Crippen molar-refractivity contribution in [3.05, 3.63) is 63.1 Å². The van der Waals surface area contributed by atoms with Gasteiger partial charge in [-0.25, -0.2) is 0 Å². The number of benzene rings is 1. The van der Waals surface area contributed by atoms with Gasteiger partial charge >= 0.3 is 0 Å². The minimum atomic E-state index is -0.430. The van der Waals surface area contributed by atoms with Crippen LogP contribution in [0.1, 0.15) is 24.3 Å². The zero-order valence-corrected chi connectivity index (χ0v) is 11.1. The molecule has 0 saturated heterocycles. The smallest absolute Gasteiger partial charge is 0.275 e. The molecular formula is C13H13ClN2O3. The molecule has 19 heavy (non-hydrogen) atoms. The molecule has 0 spiro atoms. The van der Waals surface area contributed by atoms with Crippen LogP contribution in [0.4, 0.5) is 5.69 Å². The molecule has 0 radical (unpaired) electrons. The van der Waals surface area contributed by atoms with E-state index in [1.54, 1.807) is 24.5 Å². The highest BCUT2D eigenvalue weighted by atomic mass is 35.5. The number of furan rings is 1. The van der Waals surface area contributed by atoms with Gasteiger partial charge in [0.25, 0.3) is 5.69 Å². The lowest BCUT2D eigenvalue weighted by molar-refractivity contribution is -0.385. The highest BCUT2D eigenvalue weighted by Crippen LogP contribution is 2.26. The van der Waals surface area contributed by atoms with Crippen LogP contribution in [0.5, 0.6) is 0 Å². The molecule has 0 saturated carbocycles. The fourth-order valence-electron chi connectivity index (χ4n) is 1.79.